The van der Waals surface area contributed by atoms with E-state index in [1.165, 1.54) is 24.4 Å². The van der Waals surface area contributed by atoms with E-state index < -0.39 is 0 Å². The van der Waals surface area contributed by atoms with Crippen molar-refractivity contribution in [1.82, 2.24) is 9.36 Å². The Bertz CT molecular complexity index is 299. The fourth-order valence-corrected chi connectivity index (χ4v) is 2.77. The van der Waals surface area contributed by atoms with E-state index in [2.05, 4.69) is 9.36 Å². The largest absolute Gasteiger partial charge is 0.396 e. The van der Waals surface area contributed by atoms with Crippen LogP contribution in [0.25, 0.3) is 0 Å². The van der Waals surface area contributed by atoms with Crippen LogP contribution in [0.2, 0.25) is 0 Å². The van der Waals surface area contributed by atoms with Crippen molar-refractivity contribution in [2.75, 3.05) is 12.4 Å². The minimum absolute atomic E-state index is 0.251. The molecule has 0 aliphatic heterocycles. The van der Waals surface area contributed by atoms with Crippen molar-refractivity contribution in [1.29, 1.82) is 0 Å². The quantitative estimate of drug-likeness (QED) is 0.787. The van der Waals surface area contributed by atoms with Gasteiger partial charge in [-0.25, -0.2) is 4.98 Å². The van der Waals surface area contributed by atoms with Crippen LogP contribution in [0.4, 0.5) is 0 Å². The van der Waals surface area contributed by atoms with Gasteiger partial charge in [0.05, 0.1) is 0 Å². The zero-order chi connectivity index (χ0) is 9.97. The summed E-state index contributed by atoms with van der Waals surface area (Å²) in [7, 11) is 0. The van der Waals surface area contributed by atoms with Gasteiger partial charge in [0, 0.05) is 18.3 Å². The number of aromatic nitrogens is 2. The number of thioether (sulfide) groups is 1. The molecule has 1 aromatic rings. The molecule has 2 rings (SSSR count). The van der Waals surface area contributed by atoms with Crippen molar-refractivity contribution in [3.05, 3.63) is 5.82 Å². The van der Waals surface area contributed by atoms with Gasteiger partial charge in [0.25, 0.3) is 0 Å². The van der Waals surface area contributed by atoms with Crippen LogP contribution in [0.15, 0.2) is 4.34 Å². The molecule has 78 valence electrons. The second-order valence-corrected chi connectivity index (χ2v) is 5.81. The molecule has 0 radical (unpaired) electrons. The standard InChI is InChI=1S/C9H14N2OS2/c1-6(4-12)5-13-9-10-8(11-14-9)7-2-3-7/h6-7,12H,2-5H2,1H3. The molecular weight excluding hydrogens is 216 g/mol. The van der Waals surface area contributed by atoms with Crippen molar-refractivity contribution in [2.24, 2.45) is 5.92 Å². The van der Waals surface area contributed by atoms with Gasteiger partial charge in [-0.15, -0.1) is 0 Å². The maximum absolute atomic E-state index is 8.87. The maximum atomic E-state index is 8.87. The highest BCUT2D eigenvalue weighted by Gasteiger charge is 2.27. The summed E-state index contributed by atoms with van der Waals surface area (Å²) in [6.07, 6.45) is 2.52. The Morgan fingerprint density at radius 2 is 2.43 bits per heavy atom. The molecule has 5 heteroatoms. The van der Waals surface area contributed by atoms with Gasteiger partial charge in [0.1, 0.15) is 5.82 Å². The lowest BCUT2D eigenvalue weighted by Gasteiger charge is -2.03. The average Bonchev–Trinajstić information content (AvgIpc) is 2.95. The van der Waals surface area contributed by atoms with Gasteiger partial charge in [0.15, 0.2) is 4.34 Å². The minimum atomic E-state index is 0.251. The third-order valence-electron chi connectivity index (χ3n) is 2.17. The van der Waals surface area contributed by atoms with Gasteiger partial charge in [-0.2, -0.15) is 4.37 Å². The molecule has 1 aromatic heterocycles. The minimum Gasteiger partial charge on any atom is -0.396 e. The number of nitrogens with zero attached hydrogens (tertiary/aromatic N) is 2. The summed E-state index contributed by atoms with van der Waals surface area (Å²) < 4.78 is 5.38. The molecule has 3 nitrogen and oxygen atoms in total. The van der Waals surface area contributed by atoms with E-state index in [1.54, 1.807) is 11.8 Å². The third kappa shape index (κ3) is 2.68. The lowest BCUT2D eigenvalue weighted by atomic mass is 10.2. The highest BCUT2D eigenvalue weighted by molar-refractivity contribution is 8.00. The third-order valence-corrected chi connectivity index (χ3v) is 4.35. The van der Waals surface area contributed by atoms with Gasteiger partial charge in [-0.05, 0) is 30.3 Å². The Balaban J connectivity index is 1.83. The molecule has 1 N–H and O–H groups in total. The molecule has 1 atom stereocenters. The maximum Gasteiger partial charge on any atom is 0.170 e. The zero-order valence-electron chi connectivity index (χ0n) is 8.14. The molecule has 14 heavy (non-hydrogen) atoms. The van der Waals surface area contributed by atoms with Crippen molar-refractivity contribution >= 4 is 23.3 Å². The predicted octanol–water partition coefficient (Wildman–Crippen LogP) is 2.14. The molecule has 1 fully saturated rings. The van der Waals surface area contributed by atoms with Crippen molar-refractivity contribution in [3.8, 4) is 0 Å². The van der Waals surface area contributed by atoms with Gasteiger partial charge in [-0.3, -0.25) is 0 Å². The average molecular weight is 230 g/mol. The summed E-state index contributed by atoms with van der Waals surface area (Å²) >= 11 is 3.19. The van der Waals surface area contributed by atoms with Gasteiger partial charge in [-0.1, -0.05) is 18.7 Å². The molecule has 0 bridgehead atoms. The van der Waals surface area contributed by atoms with Crippen molar-refractivity contribution in [3.63, 3.8) is 0 Å². The van der Waals surface area contributed by atoms with Crippen LogP contribution in [-0.4, -0.2) is 26.8 Å². The first kappa shape index (κ1) is 10.4. The molecule has 0 aromatic carbocycles. The lowest BCUT2D eigenvalue weighted by Crippen LogP contribution is -2.02. The first-order chi connectivity index (χ1) is 6.79. The van der Waals surface area contributed by atoms with E-state index in [1.807, 2.05) is 6.92 Å². The van der Waals surface area contributed by atoms with E-state index in [0.29, 0.717) is 11.8 Å². The monoisotopic (exact) mass is 230 g/mol. The van der Waals surface area contributed by atoms with Crippen LogP contribution in [0.1, 0.15) is 31.5 Å². The molecule has 1 aliphatic rings. The Labute approximate surface area is 92.1 Å². The topological polar surface area (TPSA) is 46.0 Å². The molecule has 1 heterocycles. The molecule has 1 saturated carbocycles. The first-order valence-electron chi connectivity index (χ1n) is 4.87. The van der Waals surface area contributed by atoms with Crippen molar-refractivity contribution in [2.45, 2.75) is 30.0 Å². The summed E-state index contributed by atoms with van der Waals surface area (Å²) in [5, 5.41) is 8.87. The number of aliphatic hydroxyl groups is 1. The number of hydrogen-bond acceptors (Lipinski definition) is 5. The summed E-state index contributed by atoms with van der Waals surface area (Å²) in [4.78, 5) is 4.47. The van der Waals surface area contributed by atoms with Gasteiger partial charge in [0.2, 0.25) is 0 Å². The summed E-state index contributed by atoms with van der Waals surface area (Å²) in [6, 6.07) is 0. The summed E-state index contributed by atoms with van der Waals surface area (Å²) in [6.45, 7) is 2.29. The Morgan fingerprint density at radius 3 is 3.07 bits per heavy atom. The fraction of sp³-hybridized carbons (Fsp3) is 0.778. The van der Waals surface area contributed by atoms with E-state index in [9.17, 15) is 0 Å². The highest BCUT2D eigenvalue weighted by Crippen LogP contribution is 2.39. The second kappa shape index (κ2) is 4.59. The van der Waals surface area contributed by atoms with Crippen LogP contribution in [-0.2, 0) is 0 Å². The lowest BCUT2D eigenvalue weighted by molar-refractivity contribution is 0.250. The van der Waals surface area contributed by atoms with Gasteiger partial charge < -0.3 is 5.11 Å². The summed E-state index contributed by atoms with van der Waals surface area (Å²) in [5.41, 5.74) is 0. The van der Waals surface area contributed by atoms with Crippen LogP contribution < -0.4 is 0 Å². The fourth-order valence-electron chi connectivity index (χ4n) is 1.05. The molecule has 0 saturated heterocycles. The molecule has 1 unspecified atom stereocenters. The van der Waals surface area contributed by atoms with Crippen LogP contribution >= 0.6 is 23.3 Å². The first-order valence-corrected chi connectivity index (χ1v) is 6.62. The Kier molecular flexibility index (Phi) is 3.41. The van der Waals surface area contributed by atoms with E-state index in [0.717, 1.165) is 15.9 Å². The molecule has 1 aliphatic carbocycles. The predicted molar refractivity (Wildman–Crippen MR) is 58.9 cm³/mol. The van der Waals surface area contributed by atoms with Gasteiger partial charge >= 0.3 is 0 Å². The number of hydrogen-bond donors (Lipinski definition) is 1. The second-order valence-electron chi connectivity index (χ2n) is 3.79. The van der Waals surface area contributed by atoms with E-state index in [-0.39, 0.29) is 6.61 Å². The van der Waals surface area contributed by atoms with E-state index in [4.69, 9.17) is 5.11 Å². The van der Waals surface area contributed by atoms with E-state index >= 15 is 0 Å². The highest BCUT2D eigenvalue weighted by atomic mass is 32.2. The van der Waals surface area contributed by atoms with Crippen LogP contribution in [0, 0.1) is 5.92 Å². The SMILES string of the molecule is CC(CO)CSc1nc(C2CC2)ns1. The molecular formula is C9H14N2OS2. The number of aliphatic hydroxyl groups excluding tert-OH is 1. The van der Waals surface area contributed by atoms with Crippen LogP contribution in [0.3, 0.4) is 0 Å². The normalized spacial score (nSPS) is 18.4. The van der Waals surface area contributed by atoms with Crippen LogP contribution in [0.5, 0.6) is 0 Å². The molecule has 0 spiro atoms. The smallest absolute Gasteiger partial charge is 0.170 e. The van der Waals surface area contributed by atoms with Crippen molar-refractivity contribution < 1.29 is 5.11 Å². The zero-order valence-corrected chi connectivity index (χ0v) is 9.77. The Morgan fingerprint density at radius 1 is 1.64 bits per heavy atom. The summed E-state index contributed by atoms with van der Waals surface area (Å²) in [5.74, 6) is 2.95. The molecule has 0 amide bonds. The number of rotatable bonds is 5. The Hall–Kier alpha value is -0.130.